The molecule has 0 bridgehead atoms. The molecule has 35 heavy (non-hydrogen) atoms. The Balaban J connectivity index is 1.72. The number of alkyl carbamates (subject to hydrolysis) is 1. The Labute approximate surface area is 208 Å². The lowest BCUT2D eigenvalue weighted by Gasteiger charge is -2.60. The van der Waals surface area contributed by atoms with Gasteiger partial charge in [-0.05, 0) is 55.4 Å². The quantitative estimate of drug-likeness (QED) is 0.422. The van der Waals surface area contributed by atoms with Crippen molar-refractivity contribution in [2.75, 3.05) is 20.3 Å². The molecule has 2 saturated carbocycles. The number of fused-ring (bicyclic) bond motifs is 1. The number of aliphatic hydroxyl groups is 2. The number of hydrogen-bond donors (Lipinski definition) is 4. The standard InChI is InChI=1S/C27H42N2O6/c1-5-14-28-25(33)35-23-12-13-26(2)19(20(31)10-11-22(26)27(23,3)17-30)15-24(32)29-16-18-8-6-7-9-21(18)34-4/h6-9,19-20,22-23,30-31H,5,10-17H2,1-4H3,(H,28,33)(H,29,32)/t19-,20-,22+,23+,26-,27+/m1/s1. The van der Waals surface area contributed by atoms with Crippen molar-refractivity contribution < 1.29 is 29.3 Å². The molecule has 8 nitrogen and oxygen atoms in total. The third-order valence-electron chi connectivity index (χ3n) is 8.52. The number of methoxy groups -OCH3 is 1. The van der Waals surface area contributed by atoms with Gasteiger partial charge in [0.2, 0.25) is 5.91 Å². The van der Waals surface area contributed by atoms with E-state index in [1.54, 1.807) is 7.11 Å². The zero-order valence-corrected chi connectivity index (χ0v) is 21.5. The molecule has 0 radical (unpaired) electrons. The Hall–Kier alpha value is -2.32. The predicted octanol–water partition coefficient (Wildman–Crippen LogP) is 3.39. The predicted molar refractivity (Wildman–Crippen MR) is 133 cm³/mol. The van der Waals surface area contributed by atoms with Gasteiger partial charge in [-0.25, -0.2) is 4.79 Å². The molecule has 0 unspecified atom stereocenters. The number of carbonyl (C=O) groups is 2. The van der Waals surface area contributed by atoms with E-state index >= 15 is 0 Å². The summed E-state index contributed by atoms with van der Waals surface area (Å²) in [7, 11) is 1.60. The van der Waals surface area contributed by atoms with Crippen LogP contribution in [0.5, 0.6) is 5.75 Å². The van der Waals surface area contributed by atoms with Crippen LogP contribution in [-0.2, 0) is 16.1 Å². The molecule has 3 rings (SSSR count). The lowest BCUT2D eigenvalue weighted by atomic mass is 9.46. The topological polar surface area (TPSA) is 117 Å². The van der Waals surface area contributed by atoms with Crippen molar-refractivity contribution in [2.45, 2.75) is 78.0 Å². The molecule has 1 aromatic carbocycles. The smallest absolute Gasteiger partial charge is 0.407 e. The van der Waals surface area contributed by atoms with Crippen LogP contribution < -0.4 is 15.4 Å². The van der Waals surface area contributed by atoms with Crippen molar-refractivity contribution in [3.8, 4) is 5.75 Å². The van der Waals surface area contributed by atoms with Crippen LogP contribution in [0.4, 0.5) is 4.79 Å². The minimum absolute atomic E-state index is 0.00754. The molecule has 2 aliphatic carbocycles. The molecule has 0 heterocycles. The second-order valence-corrected chi connectivity index (χ2v) is 10.6. The van der Waals surface area contributed by atoms with Gasteiger partial charge in [0.05, 0.1) is 19.8 Å². The first-order valence-electron chi connectivity index (χ1n) is 12.8. The largest absolute Gasteiger partial charge is 0.496 e. The third-order valence-corrected chi connectivity index (χ3v) is 8.52. The van der Waals surface area contributed by atoms with E-state index in [4.69, 9.17) is 9.47 Å². The molecule has 2 amide bonds. The molecule has 0 spiro atoms. The maximum atomic E-state index is 13.0. The van der Waals surface area contributed by atoms with E-state index in [0.29, 0.717) is 38.8 Å². The second kappa shape index (κ2) is 11.6. The number of para-hydroxylation sites is 1. The Morgan fingerprint density at radius 1 is 1.14 bits per heavy atom. The van der Waals surface area contributed by atoms with Gasteiger partial charge in [0.1, 0.15) is 11.9 Å². The van der Waals surface area contributed by atoms with Gasteiger partial charge in [0.15, 0.2) is 0 Å². The summed E-state index contributed by atoms with van der Waals surface area (Å²) < 4.78 is 11.2. The van der Waals surface area contributed by atoms with E-state index in [-0.39, 0.29) is 36.2 Å². The van der Waals surface area contributed by atoms with E-state index in [0.717, 1.165) is 17.7 Å². The van der Waals surface area contributed by atoms with Crippen molar-refractivity contribution in [1.29, 1.82) is 0 Å². The van der Waals surface area contributed by atoms with Gasteiger partial charge < -0.3 is 30.3 Å². The van der Waals surface area contributed by atoms with Crippen molar-refractivity contribution in [3.63, 3.8) is 0 Å². The number of nitrogens with one attached hydrogen (secondary N) is 2. The molecule has 0 aromatic heterocycles. The van der Waals surface area contributed by atoms with Crippen LogP contribution in [0.2, 0.25) is 0 Å². The minimum atomic E-state index is -0.650. The van der Waals surface area contributed by atoms with Crippen LogP contribution in [0.1, 0.15) is 64.9 Å². The minimum Gasteiger partial charge on any atom is -0.496 e. The third kappa shape index (κ3) is 5.75. The van der Waals surface area contributed by atoms with Gasteiger partial charge in [0, 0.05) is 30.5 Å². The Bertz CT molecular complexity index is 879. The number of rotatable bonds is 9. The first-order valence-corrected chi connectivity index (χ1v) is 12.8. The Morgan fingerprint density at radius 3 is 2.57 bits per heavy atom. The molecule has 0 saturated heterocycles. The number of aliphatic hydroxyl groups excluding tert-OH is 2. The van der Waals surface area contributed by atoms with Crippen LogP contribution in [0.15, 0.2) is 24.3 Å². The maximum absolute atomic E-state index is 13.0. The number of benzene rings is 1. The lowest BCUT2D eigenvalue weighted by molar-refractivity contribution is -0.186. The summed E-state index contributed by atoms with van der Waals surface area (Å²) in [6, 6.07) is 7.56. The highest BCUT2D eigenvalue weighted by molar-refractivity contribution is 5.76. The van der Waals surface area contributed by atoms with Crippen molar-refractivity contribution in [1.82, 2.24) is 10.6 Å². The van der Waals surface area contributed by atoms with Crippen molar-refractivity contribution >= 4 is 12.0 Å². The summed E-state index contributed by atoms with van der Waals surface area (Å²) in [5, 5.41) is 27.2. The molecule has 1 aromatic rings. The Morgan fingerprint density at radius 2 is 1.89 bits per heavy atom. The average molecular weight is 491 g/mol. The fraction of sp³-hybridized carbons (Fsp3) is 0.704. The normalized spacial score (nSPS) is 32.3. The van der Waals surface area contributed by atoms with E-state index in [2.05, 4.69) is 17.6 Å². The van der Waals surface area contributed by atoms with Gasteiger partial charge >= 0.3 is 6.09 Å². The summed E-state index contributed by atoms with van der Waals surface area (Å²) in [5.41, 5.74) is -0.122. The van der Waals surface area contributed by atoms with E-state index in [1.807, 2.05) is 38.1 Å². The van der Waals surface area contributed by atoms with Crippen LogP contribution >= 0.6 is 0 Å². The summed E-state index contributed by atoms with van der Waals surface area (Å²) >= 11 is 0. The molecule has 4 N–H and O–H groups in total. The SMILES string of the molecule is CCCNC(=O)O[C@H]1CC[C@@]2(C)[C@H](CC[C@@H](O)[C@H]2CC(=O)NCc2ccccc2OC)[C@]1(C)CO. The number of carbonyl (C=O) groups excluding carboxylic acids is 2. The maximum Gasteiger partial charge on any atom is 0.407 e. The van der Waals surface area contributed by atoms with Crippen LogP contribution in [0, 0.1) is 22.7 Å². The van der Waals surface area contributed by atoms with Crippen LogP contribution in [0.3, 0.4) is 0 Å². The van der Waals surface area contributed by atoms with Gasteiger partial charge in [-0.1, -0.05) is 39.0 Å². The van der Waals surface area contributed by atoms with E-state index in [9.17, 15) is 19.8 Å². The fourth-order valence-electron chi connectivity index (χ4n) is 6.49. The van der Waals surface area contributed by atoms with E-state index < -0.39 is 23.7 Å². The van der Waals surface area contributed by atoms with Gasteiger partial charge in [0.25, 0.3) is 0 Å². The van der Waals surface area contributed by atoms with E-state index in [1.165, 1.54) is 0 Å². The van der Waals surface area contributed by atoms with Crippen LogP contribution in [-0.4, -0.2) is 54.7 Å². The zero-order valence-electron chi connectivity index (χ0n) is 21.5. The number of hydrogen-bond acceptors (Lipinski definition) is 6. The Kier molecular flexibility index (Phi) is 9.05. The molecular formula is C27H42N2O6. The number of amides is 2. The first kappa shape index (κ1) is 27.3. The molecule has 2 aliphatic rings. The molecule has 196 valence electrons. The fourth-order valence-corrected chi connectivity index (χ4v) is 6.49. The van der Waals surface area contributed by atoms with Crippen LogP contribution in [0.25, 0.3) is 0 Å². The number of ether oxygens (including phenoxy) is 2. The molecule has 0 aliphatic heterocycles. The highest BCUT2D eigenvalue weighted by Gasteiger charge is 2.60. The highest BCUT2D eigenvalue weighted by atomic mass is 16.6. The second-order valence-electron chi connectivity index (χ2n) is 10.6. The molecule has 8 heteroatoms. The van der Waals surface area contributed by atoms with Gasteiger partial charge in [-0.3, -0.25) is 4.79 Å². The van der Waals surface area contributed by atoms with Crippen molar-refractivity contribution in [2.24, 2.45) is 22.7 Å². The summed E-state index contributed by atoms with van der Waals surface area (Å²) in [4.78, 5) is 25.3. The summed E-state index contributed by atoms with van der Waals surface area (Å²) in [5.74, 6) is 0.357. The molecule has 2 fully saturated rings. The average Bonchev–Trinajstić information content (AvgIpc) is 2.85. The first-order chi connectivity index (χ1) is 16.7. The summed E-state index contributed by atoms with van der Waals surface area (Å²) in [6.45, 7) is 6.85. The zero-order chi connectivity index (χ0) is 25.6. The van der Waals surface area contributed by atoms with Gasteiger partial charge in [-0.15, -0.1) is 0 Å². The monoisotopic (exact) mass is 490 g/mol. The molecular weight excluding hydrogens is 448 g/mol. The highest BCUT2D eigenvalue weighted by Crippen LogP contribution is 2.61. The van der Waals surface area contributed by atoms with Crippen molar-refractivity contribution in [3.05, 3.63) is 29.8 Å². The summed E-state index contributed by atoms with van der Waals surface area (Å²) in [6.07, 6.45) is 2.10. The molecule has 6 atom stereocenters. The van der Waals surface area contributed by atoms with Gasteiger partial charge in [-0.2, -0.15) is 0 Å². The lowest BCUT2D eigenvalue weighted by Crippen LogP contribution is -2.61.